The van der Waals surface area contributed by atoms with Crippen LogP contribution in [0.15, 0.2) is 0 Å². The Morgan fingerprint density at radius 2 is 1.60 bits per heavy atom. The van der Waals surface area contributed by atoms with Crippen molar-refractivity contribution in [1.29, 1.82) is 0 Å². The largest absolute Gasteiger partial charge is 0.0625 e. The molecule has 2 rings (SSSR count). The van der Waals surface area contributed by atoms with Crippen molar-refractivity contribution in [3.63, 3.8) is 0 Å². The Hall–Kier alpha value is 0. The first-order valence-corrected chi connectivity index (χ1v) is 7.09. The van der Waals surface area contributed by atoms with Gasteiger partial charge in [-0.05, 0) is 54.8 Å². The van der Waals surface area contributed by atoms with Crippen LogP contribution in [0.25, 0.3) is 0 Å². The van der Waals surface area contributed by atoms with E-state index in [2.05, 4.69) is 27.7 Å². The van der Waals surface area contributed by atoms with Crippen LogP contribution in [0.3, 0.4) is 0 Å². The second-order valence-electron chi connectivity index (χ2n) is 6.71. The number of hydrogen-bond donors (Lipinski definition) is 0. The van der Waals surface area contributed by atoms with Gasteiger partial charge in [-0.1, -0.05) is 40.5 Å². The maximum absolute atomic E-state index is 2.50. The van der Waals surface area contributed by atoms with Gasteiger partial charge in [0, 0.05) is 0 Å². The van der Waals surface area contributed by atoms with Crippen molar-refractivity contribution in [2.24, 2.45) is 35.5 Å². The third kappa shape index (κ3) is 2.24. The molecule has 0 nitrogen and oxygen atoms in total. The van der Waals surface area contributed by atoms with Crippen LogP contribution >= 0.6 is 0 Å². The van der Waals surface area contributed by atoms with E-state index in [9.17, 15) is 0 Å². The highest BCUT2D eigenvalue weighted by Gasteiger charge is 2.41. The third-order valence-electron chi connectivity index (χ3n) is 5.31. The molecule has 0 unspecified atom stereocenters. The summed E-state index contributed by atoms with van der Waals surface area (Å²) in [7, 11) is 0. The zero-order valence-electron chi connectivity index (χ0n) is 11.0. The molecule has 0 aromatic heterocycles. The van der Waals surface area contributed by atoms with Crippen molar-refractivity contribution < 1.29 is 0 Å². The van der Waals surface area contributed by atoms with E-state index in [0.29, 0.717) is 0 Å². The molecule has 0 heterocycles. The molecular formula is C15H28. The van der Waals surface area contributed by atoms with Gasteiger partial charge in [-0.2, -0.15) is 0 Å². The van der Waals surface area contributed by atoms with Crippen molar-refractivity contribution >= 4 is 0 Å². The van der Waals surface area contributed by atoms with Gasteiger partial charge in [0.25, 0.3) is 0 Å². The van der Waals surface area contributed by atoms with E-state index >= 15 is 0 Å². The first kappa shape index (κ1) is 11.5. The van der Waals surface area contributed by atoms with Gasteiger partial charge in [0.05, 0.1) is 0 Å². The Morgan fingerprint density at radius 3 is 2.27 bits per heavy atom. The highest BCUT2D eigenvalue weighted by atomic mass is 14.5. The fourth-order valence-electron chi connectivity index (χ4n) is 4.36. The van der Waals surface area contributed by atoms with E-state index in [1.54, 1.807) is 0 Å². The number of fused-ring (bicyclic) bond motifs is 1. The minimum atomic E-state index is 0.912. The second-order valence-corrected chi connectivity index (χ2v) is 6.71. The molecule has 2 saturated carbocycles. The molecule has 0 aromatic carbocycles. The number of rotatable bonds is 1. The maximum Gasteiger partial charge on any atom is -0.0350 e. The Kier molecular flexibility index (Phi) is 3.42. The van der Waals surface area contributed by atoms with Crippen LogP contribution in [0, 0.1) is 35.5 Å². The van der Waals surface area contributed by atoms with Crippen molar-refractivity contribution in [2.75, 3.05) is 0 Å². The van der Waals surface area contributed by atoms with E-state index in [0.717, 1.165) is 35.5 Å². The van der Waals surface area contributed by atoms with Gasteiger partial charge in [0.15, 0.2) is 0 Å². The highest BCUT2D eigenvalue weighted by molar-refractivity contribution is 4.90. The molecule has 0 N–H and O–H groups in total. The molecule has 2 fully saturated rings. The molecule has 0 heteroatoms. The SMILES string of the molecule is CC(C)[C@@H]1CC[C@@H](C)[C@H]2CC[C@H](C)C[C@H]21. The van der Waals surface area contributed by atoms with Crippen LogP contribution in [0.1, 0.15) is 59.8 Å². The molecule has 5 atom stereocenters. The summed E-state index contributed by atoms with van der Waals surface area (Å²) in [6, 6.07) is 0. The zero-order valence-corrected chi connectivity index (χ0v) is 11.0. The summed E-state index contributed by atoms with van der Waals surface area (Å²) in [6.07, 6.45) is 7.55. The van der Waals surface area contributed by atoms with E-state index in [1.807, 2.05) is 0 Å². The summed E-state index contributed by atoms with van der Waals surface area (Å²) >= 11 is 0. The quantitative estimate of drug-likeness (QED) is 0.584. The van der Waals surface area contributed by atoms with Gasteiger partial charge in [-0.25, -0.2) is 0 Å². The Labute approximate surface area is 95.8 Å². The molecule has 0 amide bonds. The monoisotopic (exact) mass is 208 g/mol. The Morgan fingerprint density at radius 1 is 0.867 bits per heavy atom. The summed E-state index contributed by atoms with van der Waals surface area (Å²) < 4.78 is 0. The summed E-state index contributed by atoms with van der Waals surface area (Å²) in [4.78, 5) is 0. The molecule has 0 aromatic rings. The number of hydrogen-bond acceptors (Lipinski definition) is 0. The second kappa shape index (κ2) is 4.47. The lowest BCUT2D eigenvalue weighted by Gasteiger charge is -2.48. The fraction of sp³-hybridized carbons (Fsp3) is 1.00. The summed E-state index contributed by atoms with van der Waals surface area (Å²) in [5.74, 6) is 6.10. The Balaban J connectivity index is 2.10. The van der Waals surface area contributed by atoms with Gasteiger partial charge in [0.1, 0.15) is 0 Å². The fourth-order valence-corrected chi connectivity index (χ4v) is 4.36. The molecule has 0 bridgehead atoms. The average molecular weight is 208 g/mol. The normalized spacial score (nSPS) is 46.6. The predicted molar refractivity (Wildman–Crippen MR) is 66.7 cm³/mol. The molecular weight excluding hydrogens is 180 g/mol. The van der Waals surface area contributed by atoms with E-state index in [4.69, 9.17) is 0 Å². The van der Waals surface area contributed by atoms with Crippen molar-refractivity contribution in [1.82, 2.24) is 0 Å². The minimum absolute atomic E-state index is 0.912. The summed E-state index contributed by atoms with van der Waals surface area (Å²) in [5, 5.41) is 0. The van der Waals surface area contributed by atoms with Crippen LogP contribution in [-0.4, -0.2) is 0 Å². The molecule has 2 aliphatic rings. The highest BCUT2D eigenvalue weighted by Crippen LogP contribution is 2.50. The zero-order chi connectivity index (χ0) is 11.0. The van der Waals surface area contributed by atoms with E-state index in [1.165, 1.54) is 32.1 Å². The summed E-state index contributed by atoms with van der Waals surface area (Å²) in [6.45, 7) is 9.85. The van der Waals surface area contributed by atoms with Crippen LogP contribution in [0.4, 0.5) is 0 Å². The smallest absolute Gasteiger partial charge is 0.0350 e. The van der Waals surface area contributed by atoms with Crippen LogP contribution < -0.4 is 0 Å². The van der Waals surface area contributed by atoms with E-state index in [-0.39, 0.29) is 0 Å². The molecule has 88 valence electrons. The third-order valence-corrected chi connectivity index (χ3v) is 5.31. The maximum atomic E-state index is 2.50. The predicted octanol–water partition coefficient (Wildman–Crippen LogP) is 4.74. The lowest BCUT2D eigenvalue weighted by atomic mass is 9.57. The van der Waals surface area contributed by atoms with Crippen molar-refractivity contribution in [2.45, 2.75) is 59.8 Å². The van der Waals surface area contributed by atoms with Gasteiger partial charge in [0.2, 0.25) is 0 Å². The van der Waals surface area contributed by atoms with Crippen molar-refractivity contribution in [3.8, 4) is 0 Å². The Bertz CT molecular complexity index is 202. The van der Waals surface area contributed by atoms with Crippen LogP contribution in [0.2, 0.25) is 0 Å². The lowest BCUT2D eigenvalue weighted by molar-refractivity contribution is 0.0182. The molecule has 0 aliphatic heterocycles. The van der Waals surface area contributed by atoms with Gasteiger partial charge >= 0.3 is 0 Å². The van der Waals surface area contributed by atoms with Crippen LogP contribution in [-0.2, 0) is 0 Å². The minimum Gasteiger partial charge on any atom is -0.0625 e. The first-order chi connectivity index (χ1) is 7.09. The molecule has 0 spiro atoms. The van der Waals surface area contributed by atoms with Gasteiger partial charge in [-0.15, -0.1) is 0 Å². The van der Waals surface area contributed by atoms with Gasteiger partial charge < -0.3 is 0 Å². The lowest BCUT2D eigenvalue weighted by Crippen LogP contribution is -2.39. The average Bonchev–Trinajstić information content (AvgIpc) is 2.17. The first-order valence-electron chi connectivity index (χ1n) is 7.09. The topological polar surface area (TPSA) is 0 Å². The molecule has 15 heavy (non-hydrogen) atoms. The molecule has 0 saturated heterocycles. The standard InChI is InChI=1S/C15H28/c1-10(2)13-8-6-12(4)14-7-5-11(3)9-15(13)14/h10-15H,5-9H2,1-4H3/t11-,12+,13-,14+,15-/m0/s1. The van der Waals surface area contributed by atoms with E-state index < -0.39 is 0 Å². The van der Waals surface area contributed by atoms with Crippen LogP contribution in [0.5, 0.6) is 0 Å². The van der Waals surface area contributed by atoms with Gasteiger partial charge in [-0.3, -0.25) is 0 Å². The summed E-state index contributed by atoms with van der Waals surface area (Å²) in [5.41, 5.74) is 0. The molecule has 0 radical (unpaired) electrons. The van der Waals surface area contributed by atoms with Crippen molar-refractivity contribution in [3.05, 3.63) is 0 Å². The molecule has 2 aliphatic carbocycles.